The number of carbonyl (C=O) groups is 1. The Morgan fingerprint density at radius 2 is 2.11 bits per heavy atom. The van der Waals surface area contributed by atoms with Gasteiger partial charge in [0.2, 0.25) is 0 Å². The molecule has 2 N–H and O–H groups in total. The average molecular weight is 247 g/mol. The normalized spacial score (nSPS) is 15.6. The van der Waals surface area contributed by atoms with Gasteiger partial charge in [0.1, 0.15) is 0 Å². The highest BCUT2D eigenvalue weighted by Crippen LogP contribution is 2.30. The quantitative estimate of drug-likeness (QED) is 0.652. The SMILES string of the molecule is C=CCC(N)C(=O)c1ccc2c(c1)OCCCO2. The van der Waals surface area contributed by atoms with E-state index in [-0.39, 0.29) is 5.78 Å². The fourth-order valence-electron chi connectivity index (χ4n) is 1.82. The van der Waals surface area contributed by atoms with Gasteiger partial charge >= 0.3 is 0 Å². The minimum Gasteiger partial charge on any atom is -0.490 e. The zero-order chi connectivity index (χ0) is 13.0. The molecule has 2 rings (SSSR count). The average Bonchev–Trinajstić information content (AvgIpc) is 2.62. The largest absolute Gasteiger partial charge is 0.490 e. The second-order valence-corrected chi connectivity index (χ2v) is 4.21. The molecule has 0 spiro atoms. The van der Waals surface area contributed by atoms with Crippen LogP contribution in [0.15, 0.2) is 30.9 Å². The molecule has 1 atom stereocenters. The summed E-state index contributed by atoms with van der Waals surface area (Å²) in [6.07, 6.45) is 2.95. The van der Waals surface area contributed by atoms with Crippen molar-refractivity contribution in [3.63, 3.8) is 0 Å². The highest BCUT2D eigenvalue weighted by atomic mass is 16.5. The standard InChI is InChI=1S/C14H17NO3/c1-2-4-11(15)14(16)10-5-6-12-13(9-10)18-8-3-7-17-12/h2,5-6,9,11H,1,3-4,7-8,15H2. The molecule has 96 valence electrons. The third-order valence-electron chi connectivity index (χ3n) is 2.79. The van der Waals surface area contributed by atoms with E-state index >= 15 is 0 Å². The summed E-state index contributed by atoms with van der Waals surface area (Å²) >= 11 is 0. The molecule has 1 unspecified atom stereocenters. The first-order valence-electron chi connectivity index (χ1n) is 6.02. The fourth-order valence-corrected chi connectivity index (χ4v) is 1.82. The molecule has 1 aromatic carbocycles. The van der Waals surface area contributed by atoms with Crippen molar-refractivity contribution in [1.82, 2.24) is 0 Å². The monoisotopic (exact) mass is 247 g/mol. The van der Waals surface area contributed by atoms with Crippen molar-refractivity contribution in [3.05, 3.63) is 36.4 Å². The molecule has 0 bridgehead atoms. The number of carbonyl (C=O) groups excluding carboxylic acids is 1. The molecule has 0 saturated carbocycles. The van der Waals surface area contributed by atoms with Gasteiger partial charge in [-0.1, -0.05) is 6.08 Å². The summed E-state index contributed by atoms with van der Waals surface area (Å²) in [5.74, 6) is 1.19. The topological polar surface area (TPSA) is 61.6 Å². The molecule has 0 aromatic heterocycles. The molecular weight excluding hydrogens is 230 g/mol. The molecule has 0 fully saturated rings. The number of Topliss-reactive ketones (excluding diaryl/α,β-unsaturated/α-hetero) is 1. The number of rotatable bonds is 4. The van der Waals surface area contributed by atoms with Crippen LogP contribution in [-0.4, -0.2) is 25.0 Å². The molecule has 0 radical (unpaired) electrons. The van der Waals surface area contributed by atoms with Gasteiger partial charge in [0.15, 0.2) is 17.3 Å². The first-order valence-corrected chi connectivity index (χ1v) is 6.02. The van der Waals surface area contributed by atoms with Crippen molar-refractivity contribution < 1.29 is 14.3 Å². The second kappa shape index (κ2) is 5.69. The van der Waals surface area contributed by atoms with E-state index in [1.807, 2.05) is 0 Å². The van der Waals surface area contributed by atoms with E-state index in [0.717, 1.165) is 6.42 Å². The summed E-state index contributed by atoms with van der Waals surface area (Å²) < 4.78 is 11.0. The lowest BCUT2D eigenvalue weighted by molar-refractivity contribution is 0.0961. The van der Waals surface area contributed by atoms with Crippen molar-refractivity contribution in [3.8, 4) is 11.5 Å². The third-order valence-corrected chi connectivity index (χ3v) is 2.79. The van der Waals surface area contributed by atoms with E-state index in [9.17, 15) is 4.79 Å². The molecule has 18 heavy (non-hydrogen) atoms. The van der Waals surface area contributed by atoms with Crippen LogP contribution in [0, 0.1) is 0 Å². The number of benzene rings is 1. The Balaban J connectivity index is 2.22. The number of fused-ring (bicyclic) bond motifs is 1. The van der Waals surface area contributed by atoms with Crippen LogP contribution in [0.4, 0.5) is 0 Å². The summed E-state index contributed by atoms with van der Waals surface area (Å²) in [5.41, 5.74) is 6.32. The first-order chi connectivity index (χ1) is 8.72. The minimum absolute atomic E-state index is 0.106. The number of ketones is 1. The molecule has 0 aliphatic carbocycles. The molecule has 4 nitrogen and oxygen atoms in total. The lowest BCUT2D eigenvalue weighted by atomic mass is 10.0. The zero-order valence-electron chi connectivity index (χ0n) is 10.2. The predicted molar refractivity (Wildman–Crippen MR) is 69.2 cm³/mol. The van der Waals surface area contributed by atoms with Crippen molar-refractivity contribution in [2.45, 2.75) is 18.9 Å². The Hall–Kier alpha value is -1.81. The molecule has 0 amide bonds. The molecule has 1 aromatic rings. The van der Waals surface area contributed by atoms with Crippen LogP contribution < -0.4 is 15.2 Å². The van der Waals surface area contributed by atoms with E-state index in [4.69, 9.17) is 15.2 Å². The van der Waals surface area contributed by atoms with E-state index in [2.05, 4.69) is 6.58 Å². The summed E-state index contributed by atoms with van der Waals surface area (Å²) in [7, 11) is 0. The van der Waals surface area contributed by atoms with Gasteiger partial charge in [0.05, 0.1) is 19.3 Å². The summed E-state index contributed by atoms with van der Waals surface area (Å²) in [4.78, 5) is 12.0. The fraction of sp³-hybridized carbons (Fsp3) is 0.357. The number of ether oxygens (including phenoxy) is 2. The smallest absolute Gasteiger partial charge is 0.179 e. The second-order valence-electron chi connectivity index (χ2n) is 4.21. The van der Waals surface area contributed by atoms with Crippen molar-refractivity contribution in [2.75, 3.05) is 13.2 Å². The van der Waals surface area contributed by atoms with Gasteiger partial charge in [-0.25, -0.2) is 0 Å². The minimum atomic E-state index is -0.549. The van der Waals surface area contributed by atoms with Crippen LogP contribution in [-0.2, 0) is 0 Å². The predicted octanol–water partition coefficient (Wildman–Crippen LogP) is 1.93. The Morgan fingerprint density at radius 1 is 1.39 bits per heavy atom. The maximum Gasteiger partial charge on any atom is 0.179 e. The summed E-state index contributed by atoms with van der Waals surface area (Å²) in [6.45, 7) is 4.82. The van der Waals surface area contributed by atoms with Crippen molar-refractivity contribution in [1.29, 1.82) is 0 Å². The van der Waals surface area contributed by atoms with Crippen molar-refractivity contribution >= 4 is 5.78 Å². The lowest BCUT2D eigenvalue weighted by Crippen LogP contribution is -2.29. The Morgan fingerprint density at radius 3 is 2.83 bits per heavy atom. The van der Waals surface area contributed by atoms with Crippen LogP contribution in [0.25, 0.3) is 0 Å². The van der Waals surface area contributed by atoms with E-state index in [0.29, 0.717) is 36.7 Å². The number of hydrogen-bond donors (Lipinski definition) is 1. The van der Waals surface area contributed by atoms with Crippen LogP contribution >= 0.6 is 0 Å². The van der Waals surface area contributed by atoms with E-state index in [1.54, 1.807) is 24.3 Å². The van der Waals surface area contributed by atoms with Gasteiger partial charge < -0.3 is 15.2 Å². The molecular formula is C14H17NO3. The maximum absolute atomic E-state index is 12.0. The molecule has 0 saturated heterocycles. The van der Waals surface area contributed by atoms with Crippen molar-refractivity contribution in [2.24, 2.45) is 5.73 Å². The van der Waals surface area contributed by atoms with Crippen LogP contribution in [0.2, 0.25) is 0 Å². The zero-order valence-corrected chi connectivity index (χ0v) is 10.2. The number of nitrogens with two attached hydrogens (primary N) is 1. The van der Waals surface area contributed by atoms with E-state index in [1.165, 1.54) is 0 Å². The van der Waals surface area contributed by atoms with Gasteiger partial charge in [-0.15, -0.1) is 6.58 Å². The highest BCUT2D eigenvalue weighted by molar-refractivity contribution is 6.00. The van der Waals surface area contributed by atoms with Gasteiger partial charge in [-0.2, -0.15) is 0 Å². The molecule has 4 heteroatoms. The van der Waals surface area contributed by atoms with Gasteiger partial charge in [-0.3, -0.25) is 4.79 Å². The maximum atomic E-state index is 12.0. The Labute approximate surface area is 106 Å². The number of hydrogen-bond acceptors (Lipinski definition) is 4. The molecule has 1 aliphatic rings. The van der Waals surface area contributed by atoms with Gasteiger partial charge in [0, 0.05) is 12.0 Å². The Bertz CT molecular complexity index is 456. The Kier molecular flexibility index (Phi) is 3.99. The molecule has 1 heterocycles. The van der Waals surface area contributed by atoms with Gasteiger partial charge in [0.25, 0.3) is 0 Å². The van der Waals surface area contributed by atoms with Gasteiger partial charge in [-0.05, 0) is 24.6 Å². The third kappa shape index (κ3) is 2.71. The molecule has 1 aliphatic heterocycles. The van der Waals surface area contributed by atoms with Crippen LogP contribution in [0.5, 0.6) is 11.5 Å². The summed E-state index contributed by atoms with van der Waals surface area (Å²) in [5, 5.41) is 0. The lowest BCUT2D eigenvalue weighted by Gasteiger charge is -2.11. The van der Waals surface area contributed by atoms with Crippen LogP contribution in [0.3, 0.4) is 0 Å². The van der Waals surface area contributed by atoms with Crippen LogP contribution in [0.1, 0.15) is 23.2 Å². The first kappa shape index (κ1) is 12.6. The highest BCUT2D eigenvalue weighted by Gasteiger charge is 2.18. The summed E-state index contributed by atoms with van der Waals surface area (Å²) in [6, 6.07) is 4.63. The van der Waals surface area contributed by atoms with E-state index < -0.39 is 6.04 Å².